The molecule has 2 fully saturated rings. The predicted octanol–water partition coefficient (Wildman–Crippen LogP) is 1.92. The quantitative estimate of drug-likeness (QED) is 0.901. The summed E-state index contributed by atoms with van der Waals surface area (Å²) in [5.74, 6) is 0.675. The second kappa shape index (κ2) is 5.10. The summed E-state index contributed by atoms with van der Waals surface area (Å²) in [5, 5.41) is 3.14. The fourth-order valence-electron chi connectivity index (χ4n) is 3.52. The average molecular weight is 349 g/mol. The van der Waals surface area contributed by atoms with Crippen molar-refractivity contribution in [3.63, 3.8) is 0 Å². The Morgan fingerprint density at radius 3 is 3.14 bits per heavy atom. The van der Waals surface area contributed by atoms with E-state index in [1.807, 2.05) is 16.7 Å². The topological polar surface area (TPSA) is 49.6 Å². The number of halogens is 1. The normalized spacial score (nSPS) is 28.0. The molecule has 0 spiro atoms. The molecular formula is C15H17BrN4O. The number of amides is 1. The van der Waals surface area contributed by atoms with E-state index in [2.05, 4.69) is 31.1 Å². The molecule has 4 rings (SSSR count). The van der Waals surface area contributed by atoms with Crippen molar-refractivity contribution in [3.8, 4) is 0 Å². The van der Waals surface area contributed by atoms with Gasteiger partial charge in [0.25, 0.3) is 5.91 Å². The highest BCUT2D eigenvalue weighted by Gasteiger charge is 2.33. The summed E-state index contributed by atoms with van der Waals surface area (Å²) in [6.07, 6.45) is 7.81. The van der Waals surface area contributed by atoms with E-state index >= 15 is 0 Å². The molecule has 110 valence electrons. The van der Waals surface area contributed by atoms with Gasteiger partial charge in [0, 0.05) is 36.0 Å². The van der Waals surface area contributed by atoms with E-state index < -0.39 is 0 Å². The van der Waals surface area contributed by atoms with E-state index in [1.165, 1.54) is 19.5 Å². The summed E-state index contributed by atoms with van der Waals surface area (Å²) in [6.45, 7) is 3.35. The molecule has 2 aromatic heterocycles. The molecule has 0 aliphatic carbocycles. The Morgan fingerprint density at radius 1 is 1.38 bits per heavy atom. The summed E-state index contributed by atoms with van der Waals surface area (Å²) in [6, 6.07) is 2.23. The lowest BCUT2D eigenvalue weighted by Crippen LogP contribution is -2.47. The summed E-state index contributed by atoms with van der Waals surface area (Å²) in [4.78, 5) is 19.1. The van der Waals surface area contributed by atoms with Crippen molar-refractivity contribution in [2.75, 3.05) is 19.6 Å². The largest absolute Gasteiger partial charge is 0.347 e. The maximum absolute atomic E-state index is 12.4. The Hall–Kier alpha value is -1.40. The standard InChI is InChI=1S/C15H17BrN4O/c16-11-4-13-5-17-14(9-20(13)7-11)15(21)18-12-3-10-1-2-19(6-10)8-12/h4-5,7,9-10,12H,1-3,6,8H2,(H,18,21)/t10?,12-/m1/s1. The van der Waals surface area contributed by atoms with Gasteiger partial charge in [-0.25, -0.2) is 4.98 Å². The van der Waals surface area contributed by atoms with Gasteiger partial charge in [-0.15, -0.1) is 0 Å². The molecular weight excluding hydrogens is 332 g/mol. The first-order chi connectivity index (χ1) is 10.2. The van der Waals surface area contributed by atoms with Gasteiger partial charge >= 0.3 is 0 Å². The van der Waals surface area contributed by atoms with Gasteiger partial charge in [0.15, 0.2) is 0 Å². The second-order valence-corrected chi connectivity index (χ2v) is 7.00. The molecule has 2 aliphatic rings. The Kier molecular flexibility index (Phi) is 3.23. The van der Waals surface area contributed by atoms with Crippen LogP contribution in [0.2, 0.25) is 0 Å². The van der Waals surface area contributed by atoms with Crippen molar-refractivity contribution < 1.29 is 4.79 Å². The number of aromatic nitrogens is 2. The Labute approximate surface area is 131 Å². The van der Waals surface area contributed by atoms with Crippen LogP contribution in [0.3, 0.4) is 0 Å². The van der Waals surface area contributed by atoms with Crippen molar-refractivity contribution >= 4 is 27.4 Å². The van der Waals surface area contributed by atoms with Gasteiger partial charge in [-0.05, 0) is 47.3 Å². The zero-order valence-corrected chi connectivity index (χ0v) is 13.2. The number of nitrogens with one attached hydrogen (secondary N) is 1. The molecule has 5 nitrogen and oxygen atoms in total. The van der Waals surface area contributed by atoms with Crippen LogP contribution in [0.25, 0.3) is 5.52 Å². The second-order valence-electron chi connectivity index (χ2n) is 6.08. The minimum Gasteiger partial charge on any atom is -0.347 e. The number of hydrogen-bond acceptors (Lipinski definition) is 3. The molecule has 0 saturated carbocycles. The summed E-state index contributed by atoms with van der Waals surface area (Å²) >= 11 is 3.43. The summed E-state index contributed by atoms with van der Waals surface area (Å²) < 4.78 is 2.90. The Bertz CT molecular complexity index is 686. The first-order valence-corrected chi connectivity index (χ1v) is 8.13. The number of hydrogen-bond donors (Lipinski definition) is 1. The van der Waals surface area contributed by atoms with Crippen LogP contribution in [0.4, 0.5) is 0 Å². The highest BCUT2D eigenvalue weighted by molar-refractivity contribution is 9.10. The Morgan fingerprint density at radius 2 is 2.29 bits per heavy atom. The van der Waals surface area contributed by atoms with E-state index in [-0.39, 0.29) is 11.9 Å². The lowest BCUT2D eigenvalue weighted by molar-refractivity contribution is 0.0904. The van der Waals surface area contributed by atoms with Crippen molar-refractivity contribution in [1.82, 2.24) is 19.6 Å². The predicted molar refractivity (Wildman–Crippen MR) is 83.3 cm³/mol. The van der Waals surface area contributed by atoms with E-state index in [0.717, 1.165) is 28.9 Å². The van der Waals surface area contributed by atoms with Gasteiger partial charge < -0.3 is 14.6 Å². The SMILES string of the molecule is O=C(N[C@@H]1CC2CCN(C2)C1)c1cn2cc(Br)cc2cn1. The Balaban J connectivity index is 1.50. The van der Waals surface area contributed by atoms with Crippen LogP contribution in [0.5, 0.6) is 0 Å². The van der Waals surface area contributed by atoms with Crippen LogP contribution in [-0.4, -0.2) is 45.9 Å². The first-order valence-electron chi connectivity index (χ1n) is 7.34. The zero-order valence-electron chi connectivity index (χ0n) is 11.6. The minimum absolute atomic E-state index is 0.0748. The molecule has 1 N–H and O–H groups in total. The highest BCUT2D eigenvalue weighted by atomic mass is 79.9. The summed E-state index contributed by atoms with van der Waals surface area (Å²) in [7, 11) is 0. The molecule has 21 heavy (non-hydrogen) atoms. The van der Waals surface area contributed by atoms with E-state index in [4.69, 9.17) is 0 Å². The van der Waals surface area contributed by atoms with E-state index in [1.54, 1.807) is 12.4 Å². The molecule has 2 aliphatic heterocycles. The third-order valence-corrected chi connectivity index (χ3v) is 4.91. The molecule has 2 unspecified atom stereocenters. The molecule has 3 atom stereocenters. The van der Waals surface area contributed by atoms with Gasteiger partial charge in [0.2, 0.25) is 0 Å². The zero-order chi connectivity index (χ0) is 14.4. The minimum atomic E-state index is -0.0748. The lowest BCUT2D eigenvalue weighted by Gasteiger charge is -2.30. The van der Waals surface area contributed by atoms with Crippen molar-refractivity contribution in [2.24, 2.45) is 5.92 Å². The monoisotopic (exact) mass is 348 g/mol. The van der Waals surface area contributed by atoms with Gasteiger partial charge in [-0.3, -0.25) is 4.79 Å². The van der Waals surface area contributed by atoms with E-state index in [0.29, 0.717) is 5.69 Å². The number of fused-ring (bicyclic) bond motifs is 3. The van der Waals surface area contributed by atoms with Crippen LogP contribution in [0, 0.1) is 5.92 Å². The average Bonchev–Trinajstić information content (AvgIpc) is 2.99. The third kappa shape index (κ3) is 2.58. The molecule has 2 aromatic rings. The molecule has 2 saturated heterocycles. The third-order valence-electron chi connectivity index (χ3n) is 4.48. The number of carbonyl (C=O) groups is 1. The van der Waals surface area contributed by atoms with Gasteiger partial charge in [-0.2, -0.15) is 0 Å². The molecule has 0 aromatic carbocycles. The maximum Gasteiger partial charge on any atom is 0.271 e. The van der Waals surface area contributed by atoms with Gasteiger partial charge in [-0.1, -0.05) is 0 Å². The van der Waals surface area contributed by atoms with E-state index in [9.17, 15) is 4.79 Å². The molecule has 0 radical (unpaired) electrons. The van der Waals surface area contributed by atoms with Crippen molar-refractivity contribution in [2.45, 2.75) is 18.9 Å². The lowest BCUT2D eigenvalue weighted by atomic mass is 9.97. The number of rotatable bonds is 2. The highest BCUT2D eigenvalue weighted by Crippen LogP contribution is 2.26. The number of carbonyl (C=O) groups excluding carboxylic acids is 1. The van der Waals surface area contributed by atoms with Crippen molar-refractivity contribution in [3.05, 3.63) is 34.8 Å². The molecule has 2 bridgehead atoms. The van der Waals surface area contributed by atoms with Gasteiger partial charge in [0.1, 0.15) is 5.69 Å². The van der Waals surface area contributed by atoms with Gasteiger partial charge in [0.05, 0.1) is 11.7 Å². The van der Waals surface area contributed by atoms with Crippen molar-refractivity contribution in [1.29, 1.82) is 0 Å². The molecule has 4 heterocycles. The summed E-state index contributed by atoms with van der Waals surface area (Å²) in [5.41, 5.74) is 1.44. The van der Waals surface area contributed by atoms with Crippen LogP contribution in [0.1, 0.15) is 23.3 Å². The molecule has 6 heteroatoms. The van der Waals surface area contributed by atoms with Crippen LogP contribution < -0.4 is 5.32 Å². The van der Waals surface area contributed by atoms with Crippen LogP contribution >= 0.6 is 15.9 Å². The first kappa shape index (κ1) is 13.3. The number of piperidine rings is 1. The van der Waals surface area contributed by atoms with Crippen LogP contribution in [-0.2, 0) is 0 Å². The fourth-order valence-corrected chi connectivity index (χ4v) is 3.97. The maximum atomic E-state index is 12.4. The molecule has 1 amide bonds. The number of nitrogens with zero attached hydrogens (tertiary/aromatic N) is 3. The fraction of sp³-hybridized carbons (Fsp3) is 0.467. The van der Waals surface area contributed by atoms with Crippen LogP contribution in [0.15, 0.2) is 29.1 Å². The smallest absolute Gasteiger partial charge is 0.271 e.